The smallest absolute Gasteiger partial charge is 0.337 e. The number of aliphatic carboxylic acids is 2. The molecular weight excluding hydrogens is 176 g/mol. The normalized spacial score (nSPS) is 42.2. The molecule has 3 unspecified atom stereocenters. The third-order valence-electron chi connectivity index (χ3n) is 2.90. The first-order chi connectivity index (χ1) is 6.08. The van der Waals surface area contributed by atoms with Gasteiger partial charge in [-0.15, -0.1) is 0 Å². The standard InChI is InChI=1S/C8H10O5/c9-6(10)5-4-2-1-3-8(5,13-4)7(11)12/h4-5H,1-3H2,(H,9,10)(H,11,12). The Balaban J connectivity index is 2.27. The zero-order chi connectivity index (χ0) is 9.64. The van der Waals surface area contributed by atoms with Gasteiger partial charge < -0.3 is 14.9 Å². The van der Waals surface area contributed by atoms with Crippen molar-refractivity contribution >= 4 is 11.9 Å². The average Bonchev–Trinajstić information content (AvgIpc) is 2.03. The Bertz CT molecular complexity index is 270. The molecule has 0 aromatic carbocycles. The molecule has 3 atom stereocenters. The second kappa shape index (κ2) is 2.45. The van der Waals surface area contributed by atoms with Crippen LogP contribution in [0.15, 0.2) is 0 Å². The highest BCUT2D eigenvalue weighted by Gasteiger charge is 2.66. The highest BCUT2D eigenvalue weighted by molar-refractivity contribution is 5.88. The van der Waals surface area contributed by atoms with E-state index in [4.69, 9.17) is 14.9 Å². The molecule has 0 radical (unpaired) electrons. The van der Waals surface area contributed by atoms with Crippen LogP contribution in [0.25, 0.3) is 0 Å². The minimum atomic E-state index is -1.42. The topological polar surface area (TPSA) is 83.8 Å². The summed E-state index contributed by atoms with van der Waals surface area (Å²) in [7, 11) is 0. The summed E-state index contributed by atoms with van der Waals surface area (Å²) >= 11 is 0. The van der Waals surface area contributed by atoms with Gasteiger partial charge in [0.2, 0.25) is 0 Å². The summed E-state index contributed by atoms with van der Waals surface area (Å²) in [5.74, 6) is -3.05. The molecule has 2 aliphatic heterocycles. The Morgan fingerprint density at radius 3 is 2.46 bits per heavy atom. The lowest BCUT2D eigenvalue weighted by Gasteiger charge is -2.53. The fourth-order valence-electron chi connectivity index (χ4n) is 2.29. The summed E-state index contributed by atoms with van der Waals surface area (Å²) in [4.78, 5) is 21.6. The molecule has 0 amide bonds. The van der Waals surface area contributed by atoms with Gasteiger partial charge in [-0.05, 0) is 19.3 Å². The van der Waals surface area contributed by atoms with E-state index in [1.54, 1.807) is 0 Å². The lowest BCUT2D eigenvalue weighted by Crippen LogP contribution is -2.69. The van der Waals surface area contributed by atoms with Gasteiger partial charge in [0, 0.05) is 0 Å². The maximum atomic E-state index is 10.8. The lowest BCUT2D eigenvalue weighted by molar-refractivity contribution is -0.280. The van der Waals surface area contributed by atoms with E-state index in [2.05, 4.69) is 0 Å². The van der Waals surface area contributed by atoms with Crippen LogP contribution >= 0.6 is 0 Å². The number of hydrogen-bond donors (Lipinski definition) is 2. The van der Waals surface area contributed by atoms with Gasteiger partial charge in [0.25, 0.3) is 0 Å². The number of carboxylic acids is 2. The fraction of sp³-hybridized carbons (Fsp3) is 0.750. The van der Waals surface area contributed by atoms with Crippen LogP contribution in [0.3, 0.4) is 0 Å². The predicted octanol–water partition coefficient (Wildman–Crippen LogP) is 0.0933. The first-order valence-electron chi connectivity index (χ1n) is 4.22. The molecule has 2 heterocycles. The van der Waals surface area contributed by atoms with Crippen LogP contribution in [0.1, 0.15) is 19.3 Å². The highest BCUT2D eigenvalue weighted by Crippen LogP contribution is 2.49. The molecule has 13 heavy (non-hydrogen) atoms. The Kier molecular flexibility index (Phi) is 1.60. The van der Waals surface area contributed by atoms with Crippen LogP contribution in [0, 0.1) is 5.92 Å². The van der Waals surface area contributed by atoms with Crippen molar-refractivity contribution in [3.8, 4) is 0 Å². The van der Waals surface area contributed by atoms with Crippen molar-refractivity contribution in [3.63, 3.8) is 0 Å². The van der Waals surface area contributed by atoms with Crippen LogP contribution < -0.4 is 0 Å². The van der Waals surface area contributed by atoms with Crippen molar-refractivity contribution in [3.05, 3.63) is 0 Å². The molecule has 72 valence electrons. The van der Waals surface area contributed by atoms with Crippen molar-refractivity contribution in [2.24, 2.45) is 5.92 Å². The van der Waals surface area contributed by atoms with Crippen LogP contribution in [-0.4, -0.2) is 33.9 Å². The summed E-state index contributed by atoms with van der Waals surface area (Å²) in [6.07, 6.45) is 1.32. The van der Waals surface area contributed by atoms with E-state index in [1.165, 1.54) is 0 Å². The van der Waals surface area contributed by atoms with E-state index in [9.17, 15) is 9.59 Å². The van der Waals surface area contributed by atoms with Gasteiger partial charge >= 0.3 is 11.9 Å². The average molecular weight is 186 g/mol. The first-order valence-corrected chi connectivity index (χ1v) is 4.22. The molecule has 1 aliphatic carbocycles. The van der Waals surface area contributed by atoms with E-state index in [0.717, 1.165) is 6.42 Å². The minimum absolute atomic E-state index is 0.315. The minimum Gasteiger partial charge on any atom is -0.481 e. The van der Waals surface area contributed by atoms with Crippen LogP contribution in [-0.2, 0) is 14.3 Å². The van der Waals surface area contributed by atoms with Crippen molar-refractivity contribution in [2.75, 3.05) is 0 Å². The van der Waals surface area contributed by atoms with Gasteiger partial charge in [-0.1, -0.05) is 0 Å². The number of ether oxygens (including phenoxy) is 1. The predicted molar refractivity (Wildman–Crippen MR) is 40.2 cm³/mol. The number of hydrogen-bond acceptors (Lipinski definition) is 3. The second-order valence-electron chi connectivity index (χ2n) is 3.56. The molecule has 3 aliphatic rings. The van der Waals surface area contributed by atoms with Crippen LogP contribution in [0.5, 0.6) is 0 Å². The molecule has 2 saturated heterocycles. The van der Waals surface area contributed by atoms with Gasteiger partial charge in [0.05, 0.1) is 6.10 Å². The Hall–Kier alpha value is -1.10. The summed E-state index contributed by atoms with van der Waals surface area (Å²) in [6.45, 7) is 0. The van der Waals surface area contributed by atoms with Crippen molar-refractivity contribution in [2.45, 2.75) is 31.0 Å². The number of fused-ring (bicyclic) bond motifs is 2. The van der Waals surface area contributed by atoms with E-state index in [0.29, 0.717) is 12.8 Å². The van der Waals surface area contributed by atoms with Crippen LogP contribution in [0.4, 0.5) is 0 Å². The molecule has 0 aromatic rings. The number of carboxylic acid groups (broad SMARTS) is 2. The van der Waals surface area contributed by atoms with E-state index in [-0.39, 0.29) is 6.10 Å². The van der Waals surface area contributed by atoms with E-state index in [1.807, 2.05) is 0 Å². The molecule has 1 saturated carbocycles. The zero-order valence-electron chi connectivity index (χ0n) is 6.90. The monoisotopic (exact) mass is 186 g/mol. The highest BCUT2D eigenvalue weighted by atomic mass is 16.6. The molecule has 3 fully saturated rings. The molecule has 2 N–H and O–H groups in total. The SMILES string of the molecule is O=C(O)C1C2CCCC1(C(=O)O)O2. The maximum Gasteiger partial charge on any atom is 0.337 e. The zero-order valence-corrected chi connectivity index (χ0v) is 6.90. The first kappa shape index (κ1) is 8.50. The lowest BCUT2D eigenvalue weighted by atomic mass is 9.67. The molecular formula is C8H10O5. The van der Waals surface area contributed by atoms with Crippen LogP contribution in [0.2, 0.25) is 0 Å². The Labute approximate surface area is 74.3 Å². The van der Waals surface area contributed by atoms with E-state index < -0.39 is 23.5 Å². The maximum absolute atomic E-state index is 10.8. The molecule has 2 bridgehead atoms. The summed E-state index contributed by atoms with van der Waals surface area (Å²) < 4.78 is 5.12. The number of rotatable bonds is 2. The Morgan fingerprint density at radius 1 is 1.38 bits per heavy atom. The molecule has 3 rings (SSSR count). The largest absolute Gasteiger partial charge is 0.481 e. The van der Waals surface area contributed by atoms with E-state index >= 15 is 0 Å². The molecule has 5 nitrogen and oxygen atoms in total. The fourth-order valence-corrected chi connectivity index (χ4v) is 2.29. The van der Waals surface area contributed by atoms with Crippen molar-refractivity contribution in [1.82, 2.24) is 0 Å². The third kappa shape index (κ3) is 0.904. The summed E-state index contributed by atoms with van der Waals surface area (Å²) in [5, 5.41) is 17.7. The summed E-state index contributed by atoms with van der Waals surface area (Å²) in [6, 6.07) is 0. The van der Waals surface area contributed by atoms with Gasteiger partial charge in [-0.3, -0.25) is 4.79 Å². The third-order valence-corrected chi connectivity index (χ3v) is 2.90. The van der Waals surface area contributed by atoms with Gasteiger partial charge in [-0.2, -0.15) is 0 Å². The summed E-state index contributed by atoms with van der Waals surface area (Å²) in [5.41, 5.74) is -1.42. The molecule has 0 spiro atoms. The second-order valence-corrected chi connectivity index (χ2v) is 3.56. The van der Waals surface area contributed by atoms with Crippen molar-refractivity contribution < 1.29 is 24.5 Å². The quantitative estimate of drug-likeness (QED) is 0.638. The molecule has 0 aromatic heterocycles. The number of carbonyl (C=O) groups is 2. The van der Waals surface area contributed by atoms with Gasteiger partial charge in [0.1, 0.15) is 5.92 Å². The van der Waals surface area contributed by atoms with Gasteiger partial charge in [-0.25, -0.2) is 4.79 Å². The molecule has 5 heteroatoms. The van der Waals surface area contributed by atoms with Gasteiger partial charge in [0.15, 0.2) is 5.60 Å². The van der Waals surface area contributed by atoms with Crippen molar-refractivity contribution in [1.29, 1.82) is 0 Å². The Morgan fingerprint density at radius 2 is 2.08 bits per heavy atom.